The van der Waals surface area contributed by atoms with E-state index >= 15 is 0 Å². The molecule has 0 radical (unpaired) electrons. The predicted octanol–water partition coefficient (Wildman–Crippen LogP) is 6.12. The molecule has 5 atom stereocenters. The van der Waals surface area contributed by atoms with Crippen LogP contribution < -0.4 is 10.6 Å². The lowest BCUT2D eigenvalue weighted by Crippen LogP contribution is -2.60. The van der Waals surface area contributed by atoms with Gasteiger partial charge in [-0.3, -0.25) is 14.6 Å². The van der Waals surface area contributed by atoms with Gasteiger partial charge in [-0.2, -0.15) is 13.2 Å². The third-order valence-electron chi connectivity index (χ3n) is 9.08. The van der Waals surface area contributed by atoms with Crippen LogP contribution in [-0.2, 0) is 6.18 Å². The molecule has 1 aromatic heterocycles. The molecule has 0 saturated heterocycles. The van der Waals surface area contributed by atoms with E-state index in [0.29, 0.717) is 18.0 Å². The van der Waals surface area contributed by atoms with E-state index in [2.05, 4.69) is 43.3 Å². The van der Waals surface area contributed by atoms with Crippen LogP contribution in [0.2, 0.25) is 0 Å². The molecule has 2 saturated carbocycles. The zero-order valence-electron chi connectivity index (χ0n) is 21.9. The van der Waals surface area contributed by atoms with Gasteiger partial charge in [0.15, 0.2) is 0 Å². The first-order chi connectivity index (χ1) is 17.3. The number of alkyl halides is 3. The second kappa shape index (κ2) is 10.1. The lowest BCUT2D eigenvalue weighted by molar-refractivity contribution is -0.137. The Morgan fingerprint density at radius 2 is 1.73 bits per heavy atom. The van der Waals surface area contributed by atoms with Crippen LogP contribution >= 0.6 is 0 Å². The maximum atomic E-state index is 13.0. The number of pyridine rings is 1. The average molecular weight is 516 g/mol. The smallest absolute Gasteiger partial charge is 0.352 e. The van der Waals surface area contributed by atoms with E-state index < -0.39 is 17.6 Å². The van der Waals surface area contributed by atoms with Gasteiger partial charge in [0.1, 0.15) is 0 Å². The fourth-order valence-electron chi connectivity index (χ4n) is 7.02. The number of halogens is 3. The molecule has 37 heavy (non-hydrogen) atoms. The van der Waals surface area contributed by atoms with E-state index in [1.807, 2.05) is 0 Å². The van der Waals surface area contributed by atoms with Crippen LogP contribution in [0.25, 0.3) is 0 Å². The molecule has 2 amide bonds. The van der Waals surface area contributed by atoms with Gasteiger partial charge in [-0.05, 0) is 84.2 Å². The number of aromatic nitrogens is 1. The second-order valence-corrected chi connectivity index (χ2v) is 11.7. The summed E-state index contributed by atoms with van der Waals surface area (Å²) in [6.45, 7) is 9.42. The van der Waals surface area contributed by atoms with E-state index in [4.69, 9.17) is 0 Å². The number of benzene rings is 1. The molecule has 1 unspecified atom stereocenters. The van der Waals surface area contributed by atoms with Crippen molar-refractivity contribution < 1.29 is 22.8 Å². The van der Waals surface area contributed by atoms with Crippen LogP contribution in [0.1, 0.15) is 79.7 Å². The predicted molar refractivity (Wildman–Crippen MR) is 136 cm³/mol. The van der Waals surface area contributed by atoms with Gasteiger partial charge in [-0.25, -0.2) is 0 Å². The van der Waals surface area contributed by atoms with Crippen LogP contribution in [0, 0.1) is 28.6 Å². The summed E-state index contributed by atoms with van der Waals surface area (Å²) in [7, 11) is 0. The first kappa shape index (κ1) is 27.1. The highest BCUT2D eigenvalue weighted by Crippen LogP contribution is 2.61. The Morgan fingerprint density at radius 1 is 1.03 bits per heavy atom. The minimum atomic E-state index is -4.45. The van der Waals surface area contributed by atoms with E-state index in [1.54, 1.807) is 24.5 Å². The van der Waals surface area contributed by atoms with Gasteiger partial charge in [0.2, 0.25) is 0 Å². The van der Waals surface area contributed by atoms with Gasteiger partial charge >= 0.3 is 6.18 Å². The van der Waals surface area contributed by atoms with E-state index in [9.17, 15) is 22.8 Å². The Kier molecular flexibility index (Phi) is 7.41. The molecule has 0 aliphatic heterocycles. The van der Waals surface area contributed by atoms with Crippen LogP contribution in [-0.4, -0.2) is 29.4 Å². The molecule has 1 aromatic carbocycles. The molecule has 0 spiro atoms. The molecule has 0 bridgehead atoms. The zero-order chi connectivity index (χ0) is 27.0. The van der Waals surface area contributed by atoms with Gasteiger partial charge in [0.05, 0.1) is 11.1 Å². The van der Waals surface area contributed by atoms with Crippen molar-refractivity contribution in [2.75, 3.05) is 6.54 Å². The molecule has 1 heterocycles. The summed E-state index contributed by atoms with van der Waals surface area (Å²) in [6.07, 6.45) is 2.84. The monoisotopic (exact) mass is 515 g/mol. The van der Waals surface area contributed by atoms with Crippen molar-refractivity contribution in [2.24, 2.45) is 28.6 Å². The largest absolute Gasteiger partial charge is 0.416 e. The van der Waals surface area contributed by atoms with Crippen molar-refractivity contribution in [2.45, 2.75) is 65.6 Å². The first-order valence-corrected chi connectivity index (χ1v) is 13.0. The Bertz CT molecular complexity index is 1120. The maximum Gasteiger partial charge on any atom is 0.416 e. The van der Waals surface area contributed by atoms with Crippen molar-refractivity contribution in [1.82, 2.24) is 15.6 Å². The fraction of sp³-hybridized carbons (Fsp3) is 0.552. The lowest BCUT2D eigenvalue weighted by atomic mass is 9.45. The molecule has 8 heteroatoms. The average Bonchev–Trinajstić information content (AvgIpc) is 2.84. The number of carbonyl (C=O) groups excluding carboxylic acids is 2. The van der Waals surface area contributed by atoms with Crippen LogP contribution in [0.15, 0.2) is 48.8 Å². The SMILES string of the molecule is C[C@@H]1[C@H](NC(=O)c2cccnc2)CC2C(C)(C)CCC[C@]2(C)[C@H]1CNC(=O)c1ccc(C(F)(F)F)cc1. The summed E-state index contributed by atoms with van der Waals surface area (Å²) in [4.78, 5) is 30.0. The highest BCUT2D eigenvalue weighted by molar-refractivity contribution is 5.94. The highest BCUT2D eigenvalue weighted by atomic mass is 19.4. The molecule has 5 nitrogen and oxygen atoms in total. The summed E-state index contributed by atoms with van der Waals surface area (Å²) in [5, 5.41) is 6.25. The van der Waals surface area contributed by atoms with Gasteiger partial charge in [0, 0.05) is 30.5 Å². The molecular weight excluding hydrogens is 479 g/mol. The third kappa shape index (κ3) is 5.53. The van der Waals surface area contributed by atoms with Crippen molar-refractivity contribution >= 4 is 11.8 Å². The summed E-state index contributed by atoms with van der Waals surface area (Å²) in [6, 6.07) is 7.70. The Labute approximate surface area is 216 Å². The van der Waals surface area contributed by atoms with Crippen molar-refractivity contribution in [1.29, 1.82) is 0 Å². The summed E-state index contributed by atoms with van der Waals surface area (Å²) >= 11 is 0. The van der Waals surface area contributed by atoms with Crippen molar-refractivity contribution in [3.8, 4) is 0 Å². The summed E-state index contributed by atoms with van der Waals surface area (Å²) in [5.41, 5.74) is -0.0249. The molecule has 2 N–H and O–H groups in total. The molecule has 2 fully saturated rings. The van der Waals surface area contributed by atoms with Crippen molar-refractivity contribution in [3.05, 3.63) is 65.5 Å². The molecule has 4 rings (SSSR count). The fourth-order valence-corrected chi connectivity index (χ4v) is 7.02. The number of hydrogen-bond acceptors (Lipinski definition) is 3. The second-order valence-electron chi connectivity index (χ2n) is 11.7. The summed E-state index contributed by atoms with van der Waals surface area (Å²) < 4.78 is 38.8. The standard InChI is InChI=1S/C29H36F3N3O2/c1-18-22(17-34-25(36)19-8-10-21(11-9-19)29(30,31)32)28(4)13-6-12-27(2,3)24(28)15-23(18)35-26(37)20-7-5-14-33-16-20/h5,7-11,14,16,18,22-24H,6,12-13,15,17H2,1-4H3,(H,34,36)(H,35,37)/t18-,22-,23+,24?,28+/m0/s1. The Balaban J connectivity index is 1.54. The molecular formula is C29H36F3N3O2. The van der Waals surface area contributed by atoms with Gasteiger partial charge in [-0.1, -0.05) is 34.1 Å². The highest BCUT2D eigenvalue weighted by Gasteiger charge is 2.56. The topological polar surface area (TPSA) is 71.1 Å². The number of fused-ring (bicyclic) bond motifs is 1. The van der Waals surface area contributed by atoms with E-state index in [0.717, 1.165) is 37.8 Å². The minimum Gasteiger partial charge on any atom is -0.352 e. The van der Waals surface area contributed by atoms with Crippen LogP contribution in [0.5, 0.6) is 0 Å². The van der Waals surface area contributed by atoms with Gasteiger partial charge < -0.3 is 10.6 Å². The number of nitrogens with one attached hydrogen (secondary N) is 2. The lowest BCUT2D eigenvalue weighted by Gasteiger charge is -2.61. The van der Waals surface area contributed by atoms with Gasteiger partial charge in [-0.15, -0.1) is 0 Å². The number of nitrogens with zero attached hydrogens (tertiary/aromatic N) is 1. The van der Waals surface area contributed by atoms with Crippen LogP contribution in [0.3, 0.4) is 0 Å². The quantitative estimate of drug-likeness (QED) is 0.504. The van der Waals surface area contributed by atoms with Crippen molar-refractivity contribution in [3.63, 3.8) is 0 Å². The summed E-state index contributed by atoms with van der Waals surface area (Å²) in [5.74, 6) is -0.0309. The Morgan fingerprint density at radius 3 is 2.35 bits per heavy atom. The number of carbonyl (C=O) groups is 2. The molecule has 200 valence electrons. The van der Waals surface area contributed by atoms with E-state index in [1.165, 1.54) is 12.1 Å². The molecule has 2 aromatic rings. The van der Waals surface area contributed by atoms with Gasteiger partial charge in [0.25, 0.3) is 11.8 Å². The normalized spacial score (nSPS) is 29.2. The maximum absolute atomic E-state index is 13.0. The molecule has 2 aliphatic carbocycles. The number of hydrogen-bond donors (Lipinski definition) is 2. The minimum absolute atomic E-state index is 0.0376. The Hall–Kier alpha value is -2.90. The van der Waals surface area contributed by atoms with Crippen LogP contribution in [0.4, 0.5) is 13.2 Å². The first-order valence-electron chi connectivity index (χ1n) is 13.0. The number of amides is 2. The third-order valence-corrected chi connectivity index (χ3v) is 9.08. The molecule has 2 aliphatic rings. The number of rotatable bonds is 5. The van der Waals surface area contributed by atoms with E-state index in [-0.39, 0.29) is 40.2 Å². The zero-order valence-corrected chi connectivity index (χ0v) is 21.9.